The number of carbonyl (C=O) groups excluding carboxylic acids is 1. The molecule has 9 heteroatoms. The first-order chi connectivity index (χ1) is 12.3. The number of hydrogen-bond acceptors (Lipinski definition) is 6. The Labute approximate surface area is 151 Å². The van der Waals surface area contributed by atoms with Crippen LogP contribution in [0.25, 0.3) is 0 Å². The molecule has 1 atom stereocenters. The Morgan fingerprint density at radius 2 is 1.88 bits per heavy atom. The van der Waals surface area contributed by atoms with Crippen molar-refractivity contribution in [2.45, 2.75) is 17.9 Å². The van der Waals surface area contributed by atoms with Crippen LogP contribution in [0.1, 0.15) is 6.92 Å². The van der Waals surface area contributed by atoms with Crippen LogP contribution in [0.3, 0.4) is 0 Å². The van der Waals surface area contributed by atoms with Crippen molar-refractivity contribution in [2.75, 3.05) is 24.3 Å². The molecule has 2 aromatic carbocycles. The highest BCUT2D eigenvalue weighted by Crippen LogP contribution is 2.34. The van der Waals surface area contributed by atoms with Gasteiger partial charge in [-0.1, -0.05) is 0 Å². The van der Waals surface area contributed by atoms with Crippen LogP contribution in [0.5, 0.6) is 17.2 Å². The predicted octanol–water partition coefficient (Wildman–Crippen LogP) is 2.22. The van der Waals surface area contributed by atoms with Gasteiger partial charge in [0.15, 0.2) is 6.10 Å². The average molecular weight is 378 g/mol. The number of fused-ring (bicyclic) bond motifs is 1. The Balaban J connectivity index is 1.94. The summed E-state index contributed by atoms with van der Waals surface area (Å²) in [6.07, 6.45) is -0.605. The Morgan fingerprint density at radius 1 is 1.12 bits per heavy atom. The SMILES string of the molecule is COc1ccc(OC)c(S(=O)(=O)Nc2ccc3c(c2)NC(=O)[C@@H](C)O3)c1. The maximum atomic E-state index is 12.8. The topological polar surface area (TPSA) is 103 Å². The van der Waals surface area contributed by atoms with Gasteiger partial charge in [0.25, 0.3) is 15.9 Å². The minimum atomic E-state index is -3.95. The van der Waals surface area contributed by atoms with Crippen molar-refractivity contribution in [1.82, 2.24) is 0 Å². The number of amides is 1. The molecule has 2 N–H and O–H groups in total. The van der Waals surface area contributed by atoms with Crippen LogP contribution in [0.4, 0.5) is 11.4 Å². The molecule has 1 aliphatic heterocycles. The van der Waals surface area contributed by atoms with Crippen LogP contribution in [-0.4, -0.2) is 34.6 Å². The smallest absolute Gasteiger partial charge is 0.265 e. The first-order valence-electron chi connectivity index (χ1n) is 7.70. The lowest BCUT2D eigenvalue weighted by molar-refractivity contribution is -0.122. The minimum absolute atomic E-state index is 0.0639. The van der Waals surface area contributed by atoms with E-state index in [9.17, 15) is 13.2 Å². The third-order valence-electron chi connectivity index (χ3n) is 3.82. The van der Waals surface area contributed by atoms with E-state index < -0.39 is 16.1 Å². The van der Waals surface area contributed by atoms with Gasteiger partial charge in [-0.2, -0.15) is 0 Å². The summed E-state index contributed by atoms with van der Waals surface area (Å²) in [7, 11) is -1.12. The van der Waals surface area contributed by atoms with E-state index in [1.165, 1.54) is 32.4 Å². The molecule has 138 valence electrons. The van der Waals surface area contributed by atoms with Gasteiger partial charge in [0.1, 0.15) is 22.1 Å². The zero-order valence-corrected chi connectivity index (χ0v) is 15.2. The van der Waals surface area contributed by atoms with E-state index in [4.69, 9.17) is 14.2 Å². The van der Waals surface area contributed by atoms with E-state index in [0.29, 0.717) is 17.2 Å². The molecule has 0 radical (unpaired) electrons. The summed E-state index contributed by atoms with van der Waals surface area (Å²) < 4.78 is 43.7. The fourth-order valence-electron chi connectivity index (χ4n) is 2.48. The van der Waals surface area contributed by atoms with E-state index in [-0.39, 0.29) is 22.2 Å². The second-order valence-corrected chi connectivity index (χ2v) is 7.23. The quantitative estimate of drug-likeness (QED) is 0.827. The Kier molecular flexibility index (Phi) is 4.64. The summed E-state index contributed by atoms with van der Waals surface area (Å²) in [5.41, 5.74) is 0.665. The molecule has 3 rings (SSSR count). The molecule has 8 nitrogen and oxygen atoms in total. The van der Waals surface area contributed by atoms with Crippen LogP contribution in [0.15, 0.2) is 41.3 Å². The summed E-state index contributed by atoms with van der Waals surface area (Å²) in [5.74, 6) is 0.735. The lowest BCUT2D eigenvalue weighted by Gasteiger charge is -2.23. The number of nitrogens with one attached hydrogen (secondary N) is 2. The van der Waals surface area contributed by atoms with E-state index in [1.807, 2.05) is 0 Å². The molecule has 1 amide bonds. The summed E-state index contributed by atoms with van der Waals surface area (Å²) in [4.78, 5) is 11.7. The molecule has 0 saturated heterocycles. The molecule has 0 bridgehead atoms. The van der Waals surface area contributed by atoms with Crippen LogP contribution in [0, 0.1) is 0 Å². The number of anilines is 2. The van der Waals surface area contributed by atoms with Gasteiger partial charge in [0.2, 0.25) is 0 Å². The van der Waals surface area contributed by atoms with Crippen molar-refractivity contribution in [1.29, 1.82) is 0 Å². The number of methoxy groups -OCH3 is 2. The molecular formula is C17H18N2O6S. The molecule has 0 saturated carbocycles. The number of carbonyl (C=O) groups is 1. The van der Waals surface area contributed by atoms with Gasteiger partial charge in [-0.3, -0.25) is 9.52 Å². The summed E-state index contributed by atoms with van der Waals surface area (Å²) in [5, 5.41) is 2.67. The van der Waals surface area contributed by atoms with E-state index >= 15 is 0 Å². The van der Waals surface area contributed by atoms with Crippen molar-refractivity contribution in [3.8, 4) is 17.2 Å². The monoisotopic (exact) mass is 378 g/mol. The number of ether oxygens (including phenoxy) is 3. The third-order valence-corrected chi connectivity index (χ3v) is 5.23. The highest BCUT2D eigenvalue weighted by atomic mass is 32.2. The number of sulfonamides is 1. The van der Waals surface area contributed by atoms with Gasteiger partial charge < -0.3 is 19.5 Å². The Morgan fingerprint density at radius 3 is 2.58 bits per heavy atom. The first-order valence-corrected chi connectivity index (χ1v) is 9.19. The molecule has 1 heterocycles. The summed E-state index contributed by atoms with van der Waals surface area (Å²) >= 11 is 0. The van der Waals surface area contributed by atoms with Gasteiger partial charge in [-0.25, -0.2) is 8.42 Å². The van der Waals surface area contributed by atoms with Gasteiger partial charge in [0.05, 0.1) is 25.6 Å². The van der Waals surface area contributed by atoms with Gasteiger partial charge in [-0.15, -0.1) is 0 Å². The van der Waals surface area contributed by atoms with E-state index in [2.05, 4.69) is 10.0 Å². The Hall–Kier alpha value is -2.94. The second-order valence-electron chi connectivity index (χ2n) is 5.58. The predicted molar refractivity (Wildman–Crippen MR) is 95.5 cm³/mol. The van der Waals surface area contributed by atoms with Crippen LogP contribution >= 0.6 is 0 Å². The molecule has 0 unspecified atom stereocenters. The standard InChI is InChI=1S/C17H18N2O6S/c1-10-17(20)18-13-8-11(4-6-14(13)25-10)19-26(21,22)16-9-12(23-2)5-7-15(16)24-3/h4-10,19H,1-3H3,(H,18,20)/t10-/m1/s1. The average Bonchev–Trinajstić information content (AvgIpc) is 2.62. The van der Waals surface area contributed by atoms with Crippen LogP contribution in [0.2, 0.25) is 0 Å². The van der Waals surface area contributed by atoms with E-state index in [0.717, 1.165) is 0 Å². The normalized spacial score (nSPS) is 16.1. The third kappa shape index (κ3) is 3.38. The molecule has 0 spiro atoms. The molecule has 2 aromatic rings. The maximum absolute atomic E-state index is 12.8. The summed E-state index contributed by atoms with van der Waals surface area (Å²) in [6, 6.07) is 9.11. The molecule has 0 aliphatic carbocycles. The van der Waals surface area contributed by atoms with Gasteiger partial charge >= 0.3 is 0 Å². The zero-order chi connectivity index (χ0) is 18.9. The van der Waals surface area contributed by atoms with Crippen molar-refractivity contribution in [3.63, 3.8) is 0 Å². The van der Waals surface area contributed by atoms with Gasteiger partial charge in [-0.05, 0) is 37.3 Å². The molecule has 0 fully saturated rings. The van der Waals surface area contributed by atoms with Crippen LogP contribution in [-0.2, 0) is 14.8 Å². The molecule has 1 aliphatic rings. The lowest BCUT2D eigenvalue weighted by Crippen LogP contribution is -2.34. The number of benzene rings is 2. The fourth-order valence-corrected chi connectivity index (χ4v) is 3.71. The minimum Gasteiger partial charge on any atom is -0.497 e. The first kappa shape index (κ1) is 17.9. The zero-order valence-electron chi connectivity index (χ0n) is 14.4. The second kappa shape index (κ2) is 6.75. The molecule has 0 aromatic heterocycles. The maximum Gasteiger partial charge on any atom is 0.265 e. The molecular weight excluding hydrogens is 360 g/mol. The summed E-state index contributed by atoms with van der Waals surface area (Å²) in [6.45, 7) is 1.63. The van der Waals surface area contributed by atoms with Crippen molar-refractivity contribution in [2.24, 2.45) is 0 Å². The van der Waals surface area contributed by atoms with Crippen molar-refractivity contribution >= 4 is 27.3 Å². The lowest BCUT2D eigenvalue weighted by atomic mass is 10.2. The van der Waals surface area contributed by atoms with E-state index in [1.54, 1.807) is 25.1 Å². The number of hydrogen-bond donors (Lipinski definition) is 2. The highest BCUT2D eigenvalue weighted by Gasteiger charge is 2.25. The largest absolute Gasteiger partial charge is 0.497 e. The fraction of sp³-hybridized carbons (Fsp3) is 0.235. The van der Waals surface area contributed by atoms with Crippen molar-refractivity contribution in [3.05, 3.63) is 36.4 Å². The Bertz CT molecular complexity index is 958. The highest BCUT2D eigenvalue weighted by molar-refractivity contribution is 7.92. The van der Waals surface area contributed by atoms with Gasteiger partial charge in [0, 0.05) is 6.07 Å². The molecule has 26 heavy (non-hydrogen) atoms. The van der Waals surface area contributed by atoms with Crippen molar-refractivity contribution < 1.29 is 27.4 Å². The number of rotatable bonds is 5. The van der Waals surface area contributed by atoms with Crippen LogP contribution < -0.4 is 24.2 Å².